The minimum atomic E-state index is 0.375. The van der Waals surface area contributed by atoms with Gasteiger partial charge in [-0.25, -0.2) is 0 Å². The summed E-state index contributed by atoms with van der Waals surface area (Å²) in [6.07, 6.45) is 5.48. The Morgan fingerprint density at radius 3 is 2.53 bits per heavy atom. The summed E-state index contributed by atoms with van der Waals surface area (Å²) >= 11 is 0. The van der Waals surface area contributed by atoms with Crippen LogP contribution in [0.5, 0.6) is 0 Å². The van der Waals surface area contributed by atoms with Crippen molar-refractivity contribution in [1.82, 2.24) is 10.2 Å². The van der Waals surface area contributed by atoms with Crippen LogP contribution in [0.3, 0.4) is 0 Å². The maximum Gasteiger partial charge on any atom is 0.222 e. The number of likely N-dealkylation sites (tertiary alicyclic amines) is 1. The number of amides is 1. The van der Waals surface area contributed by atoms with Gasteiger partial charge in [0.2, 0.25) is 5.91 Å². The van der Waals surface area contributed by atoms with Gasteiger partial charge >= 0.3 is 0 Å². The highest BCUT2D eigenvalue weighted by Gasteiger charge is 2.37. The second-order valence-corrected chi connectivity index (χ2v) is 6.24. The van der Waals surface area contributed by atoms with Crippen molar-refractivity contribution in [2.45, 2.75) is 46.0 Å². The zero-order valence-electron chi connectivity index (χ0n) is 11.3. The molecule has 0 unspecified atom stereocenters. The van der Waals surface area contributed by atoms with Gasteiger partial charge in [-0.1, -0.05) is 13.8 Å². The molecule has 1 N–H and O–H groups in total. The molecule has 3 heteroatoms. The van der Waals surface area contributed by atoms with E-state index in [1.807, 2.05) is 0 Å². The van der Waals surface area contributed by atoms with Gasteiger partial charge in [0.15, 0.2) is 0 Å². The first-order valence-corrected chi connectivity index (χ1v) is 7.10. The van der Waals surface area contributed by atoms with E-state index in [0.29, 0.717) is 17.2 Å². The molecule has 0 aromatic heterocycles. The van der Waals surface area contributed by atoms with Crippen LogP contribution in [0.15, 0.2) is 0 Å². The number of nitrogens with zero attached hydrogens (tertiary/aromatic N) is 1. The second kappa shape index (κ2) is 5.38. The van der Waals surface area contributed by atoms with Crippen LogP contribution < -0.4 is 5.32 Å². The van der Waals surface area contributed by atoms with Gasteiger partial charge in [0.25, 0.3) is 0 Å². The lowest BCUT2D eigenvalue weighted by Crippen LogP contribution is -2.44. The summed E-state index contributed by atoms with van der Waals surface area (Å²) in [7, 11) is 0. The molecule has 17 heavy (non-hydrogen) atoms. The summed E-state index contributed by atoms with van der Waals surface area (Å²) < 4.78 is 0. The van der Waals surface area contributed by atoms with Gasteiger partial charge in [0, 0.05) is 26.1 Å². The van der Waals surface area contributed by atoms with E-state index < -0.39 is 0 Å². The highest BCUT2D eigenvalue weighted by Crippen LogP contribution is 2.37. The van der Waals surface area contributed by atoms with Crippen molar-refractivity contribution in [2.24, 2.45) is 11.3 Å². The molecular weight excluding hydrogens is 212 g/mol. The van der Waals surface area contributed by atoms with Gasteiger partial charge in [0.05, 0.1) is 0 Å². The Labute approximate surface area is 105 Å². The predicted molar refractivity (Wildman–Crippen MR) is 69.8 cm³/mol. The Bertz CT molecular complexity index is 259. The normalized spacial score (nSPS) is 23.6. The number of hydrogen-bond acceptors (Lipinski definition) is 2. The van der Waals surface area contributed by atoms with Crippen molar-refractivity contribution in [1.29, 1.82) is 0 Å². The Morgan fingerprint density at radius 1 is 1.29 bits per heavy atom. The Morgan fingerprint density at radius 2 is 2.00 bits per heavy atom. The van der Waals surface area contributed by atoms with Gasteiger partial charge in [-0.05, 0) is 43.6 Å². The molecule has 3 nitrogen and oxygen atoms in total. The van der Waals surface area contributed by atoms with Gasteiger partial charge in [-0.15, -0.1) is 0 Å². The fourth-order valence-electron chi connectivity index (χ4n) is 3.02. The maximum atomic E-state index is 12.0. The van der Waals surface area contributed by atoms with Gasteiger partial charge in [-0.3, -0.25) is 4.79 Å². The Hall–Kier alpha value is -0.570. The molecule has 2 saturated heterocycles. The minimum absolute atomic E-state index is 0.375. The quantitative estimate of drug-likeness (QED) is 0.816. The van der Waals surface area contributed by atoms with E-state index in [1.54, 1.807) is 0 Å². The zero-order valence-corrected chi connectivity index (χ0v) is 11.3. The standard InChI is InChI=1S/C14H26N2O/c1-12(2)3-4-13(17)16-9-6-14(7-10-16)5-8-15-11-14/h12,15H,3-11H2,1-2H3. The van der Waals surface area contributed by atoms with Crippen molar-refractivity contribution in [3.63, 3.8) is 0 Å². The molecule has 0 aliphatic carbocycles. The second-order valence-electron chi connectivity index (χ2n) is 6.24. The first-order valence-electron chi connectivity index (χ1n) is 7.10. The number of hydrogen-bond donors (Lipinski definition) is 1. The van der Waals surface area contributed by atoms with Crippen molar-refractivity contribution in [2.75, 3.05) is 26.2 Å². The average molecular weight is 238 g/mol. The van der Waals surface area contributed by atoms with Gasteiger partial charge in [0.1, 0.15) is 0 Å². The lowest BCUT2D eigenvalue weighted by molar-refractivity contribution is -0.133. The molecule has 0 radical (unpaired) electrons. The van der Waals surface area contributed by atoms with Crippen LogP contribution in [0.2, 0.25) is 0 Å². The first-order chi connectivity index (χ1) is 8.11. The molecule has 0 bridgehead atoms. The smallest absolute Gasteiger partial charge is 0.222 e. The van der Waals surface area contributed by atoms with E-state index >= 15 is 0 Å². The van der Waals surface area contributed by atoms with Crippen molar-refractivity contribution < 1.29 is 4.79 Å². The summed E-state index contributed by atoms with van der Waals surface area (Å²) in [5.41, 5.74) is 0.523. The highest BCUT2D eigenvalue weighted by molar-refractivity contribution is 5.76. The Kier molecular flexibility index (Phi) is 4.08. The lowest BCUT2D eigenvalue weighted by atomic mass is 9.78. The van der Waals surface area contributed by atoms with Crippen LogP contribution in [0.25, 0.3) is 0 Å². The van der Waals surface area contributed by atoms with E-state index in [9.17, 15) is 4.79 Å². The fraction of sp³-hybridized carbons (Fsp3) is 0.929. The Balaban J connectivity index is 1.76. The molecule has 2 aliphatic heterocycles. The number of nitrogens with one attached hydrogen (secondary N) is 1. The number of carbonyl (C=O) groups excluding carboxylic acids is 1. The molecule has 0 saturated carbocycles. The summed E-state index contributed by atoms with van der Waals surface area (Å²) in [5, 5.41) is 3.46. The molecule has 2 rings (SSSR count). The average Bonchev–Trinajstić information content (AvgIpc) is 2.75. The molecule has 0 aromatic rings. The summed E-state index contributed by atoms with van der Waals surface area (Å²) in [6.45, 7) is 8.67. The van der Waals surface area contributed by atoms with Crippen LogP contribution in [0.4, 0.5) is 0 Å². The molecular formula is C14H26N2O. The maximum absolute atomic E-state index is 12.0. The fourth-order valence-corrected chi connectivity index (χ4v) is 3.02. The molecule has 98 valence electrons. The third-order valence-electron chi connectivity index (χ3n) is 4.44. The number of carbonyl (C=O) groups is 1. The molecule has 0 aromatic carbocycles. The SMILES string of the molecule is CC(C)CCC(=O)N1CCC2(CCNC2)CC1. The molecule has 2 heterocycles. The molecule has 2 aliphatic rings. The largest absolute Gasteiger partial charge is 0.343 e. The van der Waals surface area contributed by atoms with E-state index in [-0.39, 0.29) is 0 Å². The van der Waals surface area contributed by atoms with Crippen molar-refractivity contribution >= 4 is 5.91 Å². The van der Waals surface area contributed by atoms with Crippen LogP contribution in [0, 0.1) is 11.3 Å². The minimum Gasteiger partial charge on any atom is -0.343 e. The monoisotopic (exact) mass is 238 g/mol. The summed E-state index contributed by atoms with van der Waals surface area (Å²) in [5.74, 6) is 1.01. The first kappa shape index (κ1) is 12.9. The molecule has 0 atom stereocenters. The zero-order chi connectivity index (χ0) is 12.3. The highest BCUT2D eigenvalue weighted by atomic mass is 16.2. The third kappa shape index (κ3) is 3.21. The van der Waals surface area contributed by atoms with E-state index in [1.165, 1.54) is 32.4 Å². The van der Waals surface area contributed by atoms with Crippen LogP contribution in [0.1, 0.15) is 46.0 Å². The van der Waals surface area contributed by atoms with E-state index in [4.69, 9.17) is 0 Å². The van der Waals surface area contributed by atoms with Crippen molar-refractivity contribution in [3.05, 3.63) is 0 Å². The molecule has 1 spiro atoms. The van der Waals surface area contributed by atoms with Crippen LogP contribution in [-0.2, 0) is 4.79 Å². The summed E-state index contributed by atoms with van der Waals surface area (Å²) in [6, 6.07) is 0. The van der Waals surface area contributed by atoms with E-state index in [0.717, 1.165) is 25.9 Å². The molecule has 2 fully saturated rings. The van der Waals surface area contributed by atoms with Crippen molar-refractivity contribution in [3.8, 4) is 0 Å². The number of rotatable bonds is 3. The third-order valence-corrected chi connectivity index (χ3v) is 4.44. The topological polar surface area (TPSA) is 32.3 Å². The lowest BCUT2D eigenvalue weighted by Gasteiger charge is -2.39. The van der Waals surface area contributed by atoms with Gasteiger partial charge in [-0.2, -0.15) is 0 Å². The van der Waals surface area contributed by atoms with Crippen LogP contribution in [-0.4, -0.2) is 37.0 Å². The predicted octanol–water partition coefficient (Wildman–Crippen LogP) is 2.02. The van der Waals surface area contributed by atoms with Gasteiger partial charge < -0.3 is 10.2 Å². The summed E-state index contributed by atoms with van der Waals surface area (Å²) in [4.78, 5) is 14.1. The number of piperidine rings is 1. The van der Waals surface area contributed by atoms with Crippen LogP contribution >= 0.6 is 0 Å². The molecule has 1 amide bonds. The van der Waals surface area contributed by atoms with E-state index in [2.05, 4.69) is 24.1 Å².